The van der Waals surface area contributed by atoms with Crippen molar-refractivity contribution in [2.75, 3.05) is 22.5 Å². The van der Waals surface area contributed by atoms with Gasteiger partial charge in [-0.3, -0.25) is 4.72 Å². The summed E-state index contributed by atoms with van der Waals surface area (Å²) >= 11 is 8.99. The van der Waals surface area contributed by atoms with E-state index in [1.54, 1.807) is 6.07 Å². The van der Waals surface area contributed by atoms with Gasteiger partial charge < -0.3 is 0 Å². The molecule has 0 bridgehead atoms. The third-order valence-corrected chi connectivity index (χ3v) is 5.64. The van der Waals surface area contributed by atoms with Gasteiger partial charge in [0.05, 0.1) is 22.2 Å². The molecule has 9 heteroatoms. The van der Waals surface area contributed by atoms with Crippen LogP contribution in [0.5, 0.6) is 0 Å². The van der Waals surface area contributed by atoms with E-state index in [4.69, 9.17) is 11.6 Å². The van der Waals surface area contributed by atoms with E-state index in [0.717, 1.165) is 6.26 Å². The molecule has 0 spiro atoms. The monoisotopic (exact) mass is 375 g/mol. The number of halogens is 2. The summed E-state index contributed by atoms with van der Waals surface area (Å²) in [4.78, 5) is 0. The first kappa shape index (κ1) is 15.7. The summed E-state index contributed by atoms with van der Waals surface area (Å²) in [5.74, 6) is -0.911. The summed E-state index contributed by atoms with van der Waals surface area (Å²) in [6, 6.07) is 4.55. The van der Waals surface area contributed by atoms with Gasteiger partial charge in [0.15, 0.2) is 0 Å². The van der Waals surface area contributed by atoms with E-state index < -0.39 is 31.4 Å². The van der Waals surface area contributed by atoms with Gasteiger partial charge in [-0.2, -0.15) is 0 Å². The lowest BCUT2D eigenvalue weighted by atomic mass is 10.3. The maximum atomic E-state index is 11.6. The minimum Gasteiger partial charge on any atom is -0.283 e. The number of sulfone groups is 1. The molecule has 1 rings (SSSR count). The molecule has 0 unspecified atom stereocenters. The van der Waals surface area contributed by atoms with Crippen molar-refractivity contribution in [2.45, 2.75) is 0 Å². The third kappa shape index (κ3) is 5.55. The normalized spacial score (nSPS) is 12.4. The van der Waals surface area contributed by atoms with Gasteiger partial charge in [0.2, 0.25) is 10.0 Å². The minimum absolute atomic E-state index is 0.289. The van der Waals surface area contributed by atoms with Crippen LogP contribution in [-0.4, -0.2) is 34.6 Å². The van der Waals surface area contributed by atoms with E-state index >= 15 is 0 Å². The number of nitrogens with one attached hydrogen (secondary N) is 1. The zero-order valence-electron chi connectivity index (χ0n) is 9.35. The van der Waals surface area contributed by atoms with Crippen molar-refractivity contribution in [1.29, 1.82) is 0 Å². The largest absolute Gasteiger partial charge is 0.283 e. The van der Waals surface area contributed by atoms with Crippen LogP contribution in [0.15, 0.2) is 22.7 Å². The first-order valence-electron chi connectivity index (χ1n) is 4.72. The SMILES string of the molecule is CS(=O)(=O)CCS(=O)(=O)Nc1ccc(Br)c(Cl)c1. The fourth-order valence-corrected chi connectivity index (χ4v) is 4.16. The first-order valence-corrected chi connectivity index (χ1v) is 9.61. The van der Waals surface area contributed by atoms with E-state index in [-0.39, 0.29) is 5.69 Å². The second-order valence-corrected chi connectivity index (χ2v) is 9.04. The molecule has 0 amide bonds. The van der Waals surface area contributed by atoms with Crippen LogP contribution in [0, 0.1) is 0 Å². The maximum absolute atomic E-state index is 11.6. The molecule has 1 aromatic rings. The average molecular weight is 377 g/mol. The molecular formula is C9H11BrClNO4S2. The second kappa shape index (κ2) is 5.77. The van der Waals surface area contributed by atoms with Gasteiger partial charge in [0.25, 0.3) is 0 Å². The number of hydrogen-bond donors (Lipinski definition) is 1. The van der Waals surface area contributed by atoms with Gasteiger partial charge in [0.1, 0.15) is 9.84 Å². The van der Waals surface area contributed by atoms with Gasteiger partial charge in [-0.15, -0.1) is 0 Å². The fourth-order valence-electron chi connectivity index (χ4n) is 1.05. The molecule has 5 nitrogen and oxygen atoms in total. The molecule has 1 aromatic carbocycles. The Morgan fingerprint density at radius 1 is 1.22 bits per heavy atom. The molecule has 0 aliphatic heterocycles. The lowest BCUT2D eigenvalue weighted by molar-refractivity contribution is 0.593. The summed E-state index contributed by atoms with van der Waals surface area (Å²) < 4.78 is 47.9. The maximum Gasteiger partial charge on any atom is 0.233 e. The fraction of sp³-hybridized carbons (Fsp3) is 0.333. The van der Waals surface area contributed by atoms with Crippen LogP contribution in [0.25, 0.3) is 0 Å². The van der Waals surface area contributed by atoms with Crippen LogP contribution < -0.4 is 4.72 Å². The van der Waals surface area contributed by atoms with Crippen molar-refractivity contribution >= 4 is 53.1 Å². The molecule has 0 radical (unpaired) electrons. The van der Waals surface area contributed by atoms with Gasteiger partial charge in [-0.25, -0.2) is 16.8 Å². The van der Waals surface area contributed by atoms with Gasteiger partial charge in [0, 0.05) is 10.7 Å². The van der Waals surface area contributed by atoms with Gasteiger partial charge >= 0.3 is 0 Å². The Balaban J connectivity index is 2.80. The molecule has 0 fully saturated rings. The number of sulfonamides is 1. The van der Waals surface area contributed by atoms with E-state index in [1.165, 1.54) is 12.1 Å². The highest BCUT2D eigenvalue weighted by molar-refractivity contribution is 9.10. The van der Waals surface area contributed by atoms with Crippen LogP contribution in [-0.2, 0) is 19.9 Å². The molecule has 0 aliphatic carbocycles. The molecule has 1 N–H and O–H groups in total. The lowest BCUT2D eigenvalue weighted by Crippen LogP contribution is -2.22. The Hall–Kier alpha value is -0.310. The summed E-state index contributed by atoms with van der Waals surface area (Å²) in [6.07, 6.45) is 0.985. The number of hydrogen-bond acceptors (Lipinski definition) is 4. The molecule has 18 heavy (non-hydrogen) atoms. The second-order valence-electron chi connectivity index (χ2n) is 3.68. The molecule has 0 aliphatic rings. The molecule has 0 heterocycles. The van der Waals surface area contributed by atoms with Crippen molar-refractivity contribution < 1.29 is 16.8 Å². The highest BCUT2D eigenvalue weighted by atomic mass is 79.9. The lowest BCUT2D eigenvalue weighted by Gasteiger charge is -2.08. The van der Waals surface area contributed by atoms with Gasteiger partial charge in [-0.05, 0) is 34.1 Å². The summed E-state index contributed by atoms with van der Waals surface area (Å²) in [5, 5.41) is 0.360. The first-order chi connectivity index (χ1) is 8.09. The quantitative estimate of drug-likeness (QED) is 0.851. The van der Waals surface area contributed by atoms with Crippen molar-refractivity contribution in [1.82, 2.24) is 0 Å². The third-order valence-electron chi connectivity index (χ3n) is 1.92. The van der Waals surface area contributed by atoms with Crippen molar-refractivity contribution in [3.05, 3.63) is 27.7 Å². The van der Waals surface area contributed by atoms with Crippen molar-refractivity contribution in [2.24, 2.45) is 0 Å². The molecular weight excluding hydrogens is 366 g/mol. The van der Waals surface area contributed by atoms with Gasteiger partial charge in [-0.1, -0.05) is 11.6 Å². The van der Waals surface area contributed by atoms with Crippen molar-refractivity contribution in [3.63, 3.8) is 0 Å². The minimum atomic E-state index is -3.70. The Morgan fingerprint density at radius 3 is 2.33 bits per heavy atom. The van der Waals surface area contributed by atoms with E-state index in [2.05, 4.69) is 20.7 Å². The summed E-state index contributed by atoms with van der Waals surface area (Å²) in [6.45, 7) is 0. The highest BCUT2D eigenvalue weighted by Gasteiger charge is 2.14. The smallest absolute Gasteiger partial charge is 0.233 e. The molecule has 0 aromatic heterocycles. The Bertz CT molecular complexity index is 643. The number of benzene rings is 1. The highest BCUT2D eigenvalue weighted by Crippen LogP contribution is 2.25. The number of rotatable bonds is 5. The molecule has 0 saturated heterocycles. The van der Waals surface area contributed by atoms with Crippen LogP contribution >= 0.6 is 27.5 Å². The van der Waals surface area contributed by atoms with E-state index in [9.17, 15) is 16.8 Å². The van der Waals surface area contributed by atoms with Crippen LogP contribution in [0.1, 0.15) is 0 Å². The Kier molecular flexibility index (Phi) is 5.05. The predicted octanol–water partition coefficient (Wildman–Crippen LogP) is 1.89. The summed E-state index contributed by atoms with van der Waals surface area (Å²) in [5.41, 5.74) is 0.289. The molecule has 0 saturated carbocycles. The Morgan fingerprint density at radius 2 is 1.83 bits per heavy atom. The van der Waals surface area contributed by atoms with Crippen LogP contribution in [0.4, 0.5) is 5.69 Å². The van der Waals surface area contributed by atoms with Crippen LogP contribution in [0.3, 0.4) is 0 Å². The van der Waals surface area contributed by atoms with E-state index in [1.807, 2.05) is 0 Å². The van der Waals surface area contributed by atoms with E-state index in [0.29, 0.717) is 9.50 Å². The predicted molar refractivity (Wildman–Crippen MR) is 76.3 cm³/mol. The Labute approximate surface area is 120 Å². The van der Waals surface area contributed by atoms with Crippen LogP contribution in [0.2, 0.25) is 5.02 Å². The topological polar surface area (TPSA) is 80.3 Å². The summed E-state index contributed by atoms with van der Waals surface area (Å²) in [7, 11) is -7.02. The van der Waals surface area contributed by atoms with Crippen molar-refractivity contribution in [3.8, 4) is 0 Å². The molecule has 102 valence electrons. The number of anilines is 1. The standard InChI is InChI=1S/C9H11BrClNO4S2/c1-17(13,14)4-5-18(15,16)12-7-2-3-8(10)9(11)6-7/h2-3,6,12H,4-5H2,1H3. The average Bonchev–Trinajstić information content (AvgIpc) is 2.20. The zero-order valence-corrected chi connectivity index (χ0v) is 13.3. The molecule has 0 atom stereocenters. The zero-order chi connectivity index (χ0) is 14.0.